The van der Waals surface area contributed by atoms with E-state index < -0.39 is 0 Å². The number of nitriles is 1. The van der Waals surface area contributed by atoms with Gasteiger partial charge in [-0.15, -0.1) is 0 Å². The summed E-state index contributed by atoms with van der Waals surface area (Å²) in [5, 5.41) is 15.5. The van der Waals surface area contributed by atoms with Crippen molar-refractivity contribution in [3.05, 3.63) is 42.0 Å². The topological polar surface area (TPSA) is 83.6 Å². The number of amides is 1. The van der Waals surface area contributed by atoms with E-state index in [1.54, 1.807) is 23.1 Å². The molecule has 2 heterocycles. The van der Waals surface area contributed by atoms with Crippen molar-refractivity contribution < 1.29 is 4.79 Å². The lowest BCUT2D eigenvalue weighted by molar-refractivity contribution is 0.102. The second-order valence-electron chi connectivity index (χ2n) is 4.30. The van der Waals surface area contributed by atoms with Gasteiger partial charge in [0.05, 0.1) is 17.4 Å². The maximum atomic E-state index is 11.9. The van der Waals surface area contributed by atoms with Gasteiger partial charge in [-0.2, -0.15) is 10.4 Å². The van der Waals surface area contributed by atoms with Crippen molar-refractivity contribution in [2.45, 2.75) is 19.9 Å². The van der Waals surface area contributed by atoms with Crippen LogP contribution in [0.3, 0.4) is 0 Å². The number of hydrogen-bond acceptors (Lipinski definition) is 4. The Morgan fingerprint density at radius 1 is 1.42 bits per heavy atom. The van der Waals surface area contributed by atoms with Gasteiger partial charge in [0.2, 0.25) is 0 Å². The summed E-state index contributed by atoms with van der Waals surface area (Å²) >= 11 is 0. The van der Waals surface area contributed by atoms with Crippen molar-refractivity contribution in [3.63, 3.8) is 0 Å². The van der Waals surface area contributed by atoms with Crippen molar-refractivity contribution in [2.75, 3.05) is 5.32 Å². The lowest BCUT2D eigenvalue weighted by Gasteiger charge is -2.04. The Labute approximate surface area is 110 Å². The van der Waals surface area contributed by atoms with Crippen molar-refractivity contribution in [2.24, 2.45) is 0 Å². The third-order valence-electron chi connectivity index (χ3n) is 2.51. The molecular weight excluding hydrogens is 242 g/mol. The molecule has 1 amide bonds. The predicted molar refractivity (Wildman–Crippen MR) is 69.5 cm³/mol. The van der Waals surface area contributed by atoms with Crippen molar-refractivity contribution in [1.29, 1.82) is 5.26 Å². The highest BCUT2D eigenvalue weighted by Crippen LogP contribution is 2.11. The van der Waals surface area contributed by atoms with Crippen molar-refractivity contribution >= 4 is 11.6 Å². The molecule has 0 aliphatic rings. The lowest BCUT2D eigenvalue weighted by Crippen LogP contribution is -2.13. The summed E-state index contributed by atoms with van der Waals surface area (Å²) in [4.78, 5) is 15.8. The maximum absolute atomic E-state index is 11.9. The van der Waals surface area contributed by atoms with E-state index in [-0.39, 0.29) is 17.6 Å². The lowest BCUT2D eigenvalue weighted by atomic mass is 10.2. The number of nitrogens with one attached hydrogen (secondary N) is 1. The molecule has 6 nitrogen and oxygen atoms in total. The normalized spacial score (nSPS) is 10.2. The molecule has 19 heavy (non-hydrogen) atoms. The van der Waals surface area contributed by atoms with Crippen LogP contribution in [-0.2, 0) is 0 Å². The number of anilines is 1. The first kappa shape index (κ1) is 12.8. The number of carbonyl (C=O) groups is 1. The molecule has 0 unspecified atom stereocenters. The summed E-state index contributed by atoms with van der Waals surface area (Å²) in [5.41, 5.74) is 1.30. The third-order valence-corrected chi connectivity index (χ3v) is 2.51. The van der Waals surface area contributed by atoms with Crippen LogP contribution in [0.4, 0.5) is 5.69 Å². The van der Waals surface area contributed by atoms with Gasteiger partial charge in [-0.3, -0.25) is 9.48 Å². The van der Waals surface area contributed by atoms with Gasteiger partial charge in [0.15, 0.2) is 0 Å². The van der Waals surface area contributed by atoms with Crippen LogP contribution in [0.15, 0.2) is 30.7 Å². The number of carbonyl (C=O) groups excluding carboxylic acids is 1. The first-order chi connectivity index (χ1) is 9.10. The molecule has 96 valence electrons. The molecule has 2 rings (SSSR count). The molecule has 0 spiro atoms. The van der Waals surface area contributed by atoms with Crippen LogP contribution in [0, 0.1) is 11.3 Å². The van der Waals surface area contributed by atoms with Gasteiger partial charge in [-0.05, 0) is 26.0 Å². The van der Waals surface area contributed by atoms with Crippen LogP contribution in [0.2, 0.25) is 0 Å². The van der Waals surface area contributed by atoms with Crippen LogP contribution in [-0.4, -0.2) is 20.7 Å². The summed E-state index contributed by atoms with van der Waals surface area (Å²) in [6.45, 7) is 4.00. The highest BCUT2D eigenvalue weighted by Gasteiger charge is 2.09. The Morgan fingerprint density at radius 2 is 2.21 bits per heavy atom. The van der Waals surface area contributed by atoms with E-state index in [1.165, 1.54) is 12.3 Å². The van der Waals surface area contributed by atoms with E-state index in [1.807, 2.05) is 19.9 Å². The number of nitrogens with zero attached hydrogens (tertiary/aromatic N) is 4. The molecule has 0 aromatic carbocycles. The van der Waals surface area contributed by atoms with E-state index >= 15 is 0 Å². The van der Waals surface area contributed by atoms with E-state index in [4.69, 9.17) is 5.26 Å². The van der Waals surface area contributed by atoms with Crippen LogP contribution < -0.4 is 5.32 Å². The molecular formula is C13H13N5O. The minimum Gasteiger partial charge on any atom is -0.318 e. The fourth-order valence-electron chi connectivity index (χ4n) is 1.47. The second kappa shape index (κ2) is 5.31. The van der Waals surface area contributed by atoms with Gasteiger partial charge in [-0.1, -0.05) is 0 Å². The van der Waals surface area contributed by atoms with Gasteiger partial charge in [0, 0.05) is 18.4 Å². The average Bonchev–Trinajstić information content (AvgIpc) is 2.87. The van der Waals surface area contributed by atoms with Gasteiger partial charge in [0.1, 0.15) is 11.8 Å². The highest BCUT2D eigenvalue weighted by atomic mass is 16.1. The molecule has 0 aliphatic heterocycles. The molecule has 0 atom stereocenters. The number of aromatic nitrogens is 3. The van der Waals surface area contributed by atoms with E-state index in [0.717, 1.165) is 0 Å². The molecule has 0 saturated heterocycles. The molecule has 2 aromatic heterocycles. The van der Waals surface area contributed by atoms with Gasteiger partial charge in [0.25, 0.3) is 5.91 Å². The minimum absolute atomic E-state index is 0.235. The molecule has 6 heteroatoms. The van der Waals surface area contributed by atoms with Crippen LogP contribution in [0.25, 0.3) is 0 Å². The molecule has 2 aromatic rings. The first-order valence-electron chi connectivity index (χ1n) is 5.82. The highest BCUT2D eigenvalue weighted by molar-refractivity contribution is 6.02. The SMILES string of the molecule is CC(C)n1cc(NC(=O)c2ccc(C#N)cn2)cn1. The smallest absolute Gasteiger partial charge is 0.274 e. The van der Waals surface area contributed by atoms with Crippen molar-refractivity contribution in [1.82, 2.24) is 14.8 Å². The van der Waals surface area contributed by atoms with Gasteiger partial charge < -0.3 is 5.32 Å². The second-order valence-corrected chi connectivity index (χ2v) is 4.30. The summed E-state index contributed by atoms with van der Waals surface area (Å²) in [7, 11) is 0. The average molecular weight is 255 g/mol. The molecule has 0 bridgehead atoms. The van der Waals surface area contributed by atoms with Crippen LogP contribution in [0.5, 0.6) is 0 Å². The summed E-state index contributed by atoms with van der Waals surface area (Å²) in [6, 6.07) is 5.26. The Kier molecular flexibility index (Phi) is 3.57. The molecule has 1 N–H and O–H groups in total. The van der Waals surface area contributed by atoms with Crippen LogP contribution in [0.1, 0.15) is 35.9 Å². The standard InChI is InChI=1S/C13H13N5O/c1-9(2)18-8-11(7-16-18)17-13(19)12-4-3-10(5-14)6-15-12/h3-4,6-9H,1-2H3,(H,17,19). The Balaban J connectivity index is 2.09. The van der Waals surface area contributed by atoms with Crippen molar-refractivity contribution in [3.8, 4) is 6.07 Å². The Hall–Kier alpha value is -2.68. The van der Waals surface area contributed by atoms with E-state index in [2.05, 4.69) is 15.4 Å². The molecule has 0 aliphatic carbocycles. The number of hydrogen-bond donors (Lipinski definition) is 1. The number of pyridine rings is 1. The molecule has 0 fully saturated rings. The first-order valence-corrected chi connectivity index (χ1v) is 5.82. The van der Waals surface area contributed by atoms with Gasteiger partial charge >= 0.3 is 0 Å². The fraction of sp³-hybridized carbons (Fsp3) is 0.231. The Bertz CT molecular complexity index is 621. The molecule has 0 saturated carbocycles. The zero-order valence-corrected chi connectivity index (χ0v) is 10.7. The molecule has 0 radical (unpaired) electrons. The zero-order chi connectivity index (χ0) is 13.8. The van der Waals surface area contributed by atoms with E-state index in [9.17, 15) is 4.79 Å². The monoisotopic (exact) mass is 255 g/mol. The number of rotatable bonds is 3. The van der Waals surface area contributed by atoms with Gasteiger partial charge in [-0.25, -0.2) is 4.98 Å². The Morgan fingerprint density at radius 3 is 2.74 bits per heavy atom. The summed E-state index contributed by atoms with van der Waals surface area (Å²) in [6.07, 6.45) is 4.71. The summed E-state index contributed by atoms with van der Waals surface area (Å²) < 4.78 is 1.75. The zero-order valence-electron chi connectivity index (χ0n) is 10.7. The maximum Gasteiger partial charge on any atom is 0.274 e. The third kappa shape index (κ3) is 2.96. The fourth-order valence-corrected chi connectivity index (χ4v) is 1.47. The quantitative estimate of drug-likeness (QED) is 0.908. The summed E-state index contributed by atoms with van der Waals surface area (Å²) in [5.74, 6) is -0.326. The largest absolute Gasteiger partial charge is 0.318 e. The predicted octanol–water partition coefficient (Wildman–Crippen LogP) is 1.98. The minimum atomic E-state index is -0.326. The van der Waals surface area contributed by atoms with E-state index in [0.29, 0.717) is 11.3 Å². The van der Waals surface area contributed by atoms with Crippen LogP contribution >= 0.6 is 0 Å².